The summed E-state index contributed by atoms with van der Waals surface area (Å²) in [6, 6.07) is 10.7. The van der Waals surface area contributed by atoms with E-state index >= 15 is 0 Å². The summed E-state index contributed by atoms with van der Waals surface area (Å²) >= 11 is 11.7. The number of halogens is 2. The van der Waals surface area contributed by atoms with Crippen molar-refractivity contribution >= 4 is 47.1 Å². The Hall–Kier alpha value is -2.90. The van der Waals surface area contributed by atoms with E-state index in [9.17, 15) is 14.9 Å². The van der Waals surface area contributed by atoms with Crippen LogP contribution in [0.5, 0.6) is 5.75 Å². The van der Waals surface area contributed by atoms with Crippen molar-refractivity contribution < 1.29 is 14.5 Å². The third-order valence-corrected chi connectivity index (χ3v) is 3.53. The van der Waals surface area contributed by atoms with Crippen LogP contribution < -0.4 is 10.2 Å². The number of allylic oxidation sites excluding steroid dienone is 1. The topological polar surface area (TPSA) is 93.8 Å². The molecule has 0 aromatic heterocycles. The molecule has 0 saturated heterocycles. The molecule has 0 aliphatic carbocycles. The van der Waals surface area contributed by atoms with Gasteiger partial charge in [-0.2, -0.15) is 5.10 Å². The van der Waals surface area contributed by atoms with Gasteiger partial charge in [-0.05, 0) is 42.0 Å². The third kappa shape index (κ3) is 6.19. The van der Waals surface area contributed by atoms with E-state index in [4.69, 9.17) is 27.9 Å². The van der Waals surface area contributed by atoms with Gasteiger partial charge in [0.25, 0.3) is 11.6 Å². The number of nitrogens with zero attached hydrogens (tertiary/aromatic N) is 2. The third-order valence-electron chi connectivity index (χ3n) is 3.00. The lowest BCUT2D eigenvalue weighted by atomic mass is 10.2. The number of benzene rings is 2. The highest BCUT2D eigenvalue weighted by Gasteiger charge is 2.05. The number of carbonyl (C=O) groups excluding carboxylic acids is 1. The molecular weight excluding hydrogens is 381 g/mol. The van der Waals surface area contributed by atoms with Crippen LogP contribution in [0, 0.1) is 10.1 Å². The fraction of sp³-hybridized carbons (Fsp3) is 0.0588. The Bertz CT molecular complexity index is 852. The Kier molecular flexibility index (Phi) is 7.13. The first kappa shape index (κ1) is 19.4. The molecular formula is C17H13Cl2N3O4. The Morgan fingerprint density at radius 3 is 2.62 bits per heavy atom. The minimum absolute atomic E-state index is 0.0175. The average molecular weight is 394 g/mol. The lowest BCUT2D eigenvalue weighted by Crippen LogP contribution is -2.24. The summed E-state index contributed by atoms with van der Waals surface area (Å²) in [6.07, 6.45) is 4.64. The highest BCUT2D eigenvalue weighted by Crippen LogP contribution is 2.27. The van der Waals surface area contributed by atoms with Crippen molar-refractivity contribution in [1.82, 2.24) is 5.43 Å². The predicted molar refractivity (Wildman–Crippen MR) is 101 cm³/mol. The van der Waals surface area contributed by atoms with Crippen LogP contribution in [-0.2, 0) is 4.79 Å². The van der Waals surface area contributed by atoms with Gasteiger partial charge in [0.15, 0.2) is 6.61 Å². The first-order chi connectivity index (χ1) is 12.5. The van der Waals surface area contributed by atoms with Crippen LogP contribution in [0.15, 0.2) is 53.6 Å². The second kappa shape index (κ2) is 9.55. The van der Waals surface area contributed by atoms with Crippen molar-refractivity contribution in [3.8, 4) is 5.75 Å². The second-order valence-corrected chi connectivity index (χ2v) is 5.73. The van der Waals surface area contributed by atoms with Crippen molar-refractivity contribution in [3.63, 3.8) is 0 Å². The maximum Gasteiger partial charge on any atom is 0.277 e. The molecule has 2 aromatic rings. The van der Waals surface area contributed by atoms with Crippen molar-refractivity contribution in [2.45, 2.75) is 0 Å². The largest absolute Gasteiger partial charge is 0.482 e. The standard InChI is InChI=1S/C17H13Cl2N3O4/c18-13-5-8-16(15(19)10-13)26-11-17(23)21-20-9-1-2-12-3-6-14(7-4-12)22(24)25/h1-10H,11H2,(H,21,23)/b2-1+,20-9+. The van der Waals surface area contributed by atoms with Gasteiger partial charge in [-0.15, -0.1) is 0 Å². The number of carbonyl (C=O) groups is 1. The molecule has 0 radical (unpaired) electrons. The van der Waals surface area contributed by atoms with Gasteiger partial charge in [0.05, 0.1) is 9.95 Å². The second-order valence-electron chi connectivity index (χ2n) is 4.88. The van der Waals surface area contributed by atoms with E-state index in [1.807, 2.05) is 0 Å². The fourth-order valence-electron chi connectivity index (χ4n) is 1.78. The Balaban J connectivity index is 1.76. The van der Waals surface area contributed by atoms with E-state index in [1.165, 1.54) is 24.4 Å². The summed E-state index contributed by atoms with van der Waals surface area (Å²) in [5.41, 5.74) is 3.07. The Morgan fingerprint density at radius 1 is 1.23 bits per heavy atom. The van der Waals surface area contributed by atoms with Crippen LogP contribution in [0.25, 0.3) is 6.08 Å². The molecule has 0 atom stereocenters. The van der Waals surface area contributed by atoms with Gasteiger partial charge >= 0.3 is 0 Å². The minimum Gasteiger partial charge on any atom is -0.482 e. The minimum atomic E-state index is -0.468. The van der Waals surface area contributed by atoms with Crippen molar-refractivity contribution in [2.75, 3.05) is 6.61 Å². The SMILES string of the molecule is O=C(COc1ccc(Cl)cc1Cl)N/N=C/C=C/c1ccc([N+](=O)[O-])cc1. The number of rotatable bonds is 7. The molecule has 2 aromatic carbocycles. The van der Waals surface area contributed by atoms with Gasteiger partial charge < -0.3 is 4.74 Å². The zero-order chi connectivity index (χ0) is 18.9. The Labute approximate surface area is 159 Å². The van der Waals surface area contributed by atoms with Crippen molar-refractivity contribution in [3.05, 3.63) is 74.3 Å². The fourth-order valence-corrected chi connectivity index (χ4v) is 2.24. The van der Waals surface area contributed by atoms with Crippen LogP contribution in [-0.4, -0.2) is 23.7 Å². The number of non-ortho nitro benzene ring substituents is 1. The number of nitro benzene ring substituents is 1. The monoisotopic (exact) mass is 393 g/mol. The van der Waals surface area contributed by atoms with Crippen molar-refractivity contribution in [1.29, 1.82) is 0 Å². The molecule has 0 aliphatic rings. The van der Waals surface area contributed by atoms with E-state index in [1.54, 1.807) is 36.4 Å². The number of nitro groups is 1. The number of hydrazone groups is 1. The van der Waals surface area contributed by atoms with E-state index in [2.05, 4.69) is 10.5 Å². The molecule has 26 heavy (non-hydrogen) atoms. The lowest BCUT2D eigenvalue weighted by molar-refractivity contribution is -0.384. The maximum atomic E-state index is 11.6. The van der Waals surface area contributed by atoms with Crippen LogP contribution >= 0.6 is 23.2 Å². The molecule has 0 saturated carbocycles. The van der Waals surface area contributed by atoms with Gasteiger partial charge in [-0.3, -0.25) is 14.9 Å². The summed E-state index contributed by atoms with van der Waals surface area (Å²) < 4.78 is 5.26. The summed E-state index contributed by atoms with van der Waals surface area (Å²) in [6.45, 7) is -0.259. The maximum absolute atomic E-state index is 11.6. The van der Waals surface area contributed by atoms with Gasteiger partial charge in [0.1, 0.15) is 5.75 Å². The van der Waals surface area contributed by atoms with Crippen LogP contribution in [0.2, 0.25) is 10.0 Å². The summed E-state index contributed by atoms with van der Waals surface area (Å²) in [5, 5.41) is 15.1. The van der Waals surface area contributed by atoms with Gasteiger partial charge in [0.2, 0.25) is 0 Å². The molecule has 0 aliphatic heterocycles. The van der Waals surface area contributed by atoms with Crippen LogP contribution in [0.3, 0.4) is 0 Å². The highest BCUT2D eigenvalue weighted by molar-refractivity contribution is 6.35. The van der Waals surface area contributed by atoms with Gasteiger partial charge in [-0.1, -0.05) is 29.3 Å². The first-order valence-electron chi connectivity index (χ1n) is 7.26. The lowest BCUT2D eigenvalue weighted by Gasteiger charge is -2.06. The van der Waals surface area contributed by atoms with Crippen LogP contribution in [0.4, 0.5) is 5.69 Å². The molecule has 2 rings (SSSR count). The van der Waals surface area contributed by atoms with Gasteiger partial charge in [-0.25, -0.2) is 5.43 Å². The van der Waals surface area contributed by atoms with E-state index in [0.29, 0.717) is 15.8 Å². The number of amides is 1. The summed E-state index contributed by atoms with van der Waals surface area (Å²) in [4.78, 5) is 21.7. The molecule has 9 heteroatoms. The smallest absolute Gasteiger partial charge is 0.277 e. The number of nitrogens with one attached hydrogen (secondary N) is 1. The van der Waals surface area contributed by atoms with Crippen LogP contribution in [0.1, 0.15) is 5.56 Å². The summed E-state index contributed by atoms with van der Waals surface area (Å²) in [7, 11) is 0. The average Bonchev–Trinajstić information content (AvgIpc) is 2.61. The van der Waals surface area contributed by atoms with Gasteiger partial charge in [0, 0.05) is 23.4 Å². The molecule has 1 N–H and O–H groups in total. The zero-order valence-corrected chi connectivity index (χ0v) is 14.8. The van der Waals surface area contributed by atoms with E-state index in [-0.39, 0.29) is 12.3 Å². The molecule has 1 amide bonds. The molecule has 0 unspecified atom stereocenters. The highest BCUT2D eigenvalue weighted by atomic mass is 35.5. The van der Waals surface area contributed by atoms with Crippen molar-refractivity contribution in [2.24, 2.45) is 5.10 Å². The molecule has 0 heterocycles. The molecule has 0 fully saturated rings. The normalized spacial score (nSPS) is 11.0. The summed E-state index contributed by atoms with van der Waals surface area (Å²) in [5.74, 6) is -0.121. The number of hydrogen-bond donors (Lipinski definition) is 1. The molecule has 134 valence electrons. The predicted octanol–water partition coefficient (Wildman–Crippen LogP) is 4.10. The molecule has 7 nitrogen and oxygen atoms in total. The molecule has 0 spiro atoms. The number of ether oxygens (including phenoxy) is 1. The zero-order valence-electron chi connectivity index (χ0n) is 13.3. The van der Waals surface area contributed by atoms with E-state index in [0.717, 1.165) is 5.56 Å². The molecule has 0 bridgehead atoms. The first-order valence-corrected chi connectivity index (χ1v) is 8.02. The quantitative estimate of drug-likeness (QED) is 0.435. The Morgan fingerprint density at radius 2 is 1.96 bits per heavy atom. The number of hydrogen-bond acceptors (Lipinski definition) is 5. The van der Waals surface area contributed by atoms with E-state index < -0.39 is 10.8 Å².